The molecule has 3 saturated carbocycles. The Kier molecular flexibility index (Phi) is 5.87. The first-order chi connectivity index (χ1) is 14.0. The van der Waals surface area contributed by atoms with E-state index in [2.05, 4.69) is 20.6 Å². The Morgan fingerprint density at radius 3 is 2.48 bits per heavy atom. The lowest BCUT2D eigenvalue weighted by atomic mass is 9.60. The first kappa shape index (κ1) is 19.9. The fourth-order valence-corrected chi connectivity index (χ4v) is 4.29. The lowest BCUT2D eigenvalue weighted by Crippen LogP contribution is -2.60. The number of halogens is 2. The monoisotopic (exact) mass is 434 g/mol. The number of hydrogen-bond acceptors (Lipinski definition) is 5. The summed E-state index contributed by atoms with van der Waals surface area (Å²) >= 11 is 11.8. The number of amides is 2. The zero-order valence-electron chi connectivity index (χ0n) is 15.5. The van der Waals surface area contributed by atoms with Crippen LogP contribution in [0.15, 0.2) is 36.8 Å². The maximum atomic E-state index is 12.4. The molecule has 5 rings (SSSR count). The average molecular weight is 435 g/mol. The summed E-state index contributed by atoms with van der Waals surface area (Å²) in [6.07, 6.45) is 7.14. The molecule has 1 unspecified atom stereocenters. The fraction of sp³-hybridized carbons (Fsp3) is 0.400. The number of fused-ring (bicyclic) bond motifs is 2. The van der Waals surface area contributed by atoms with E-state index in [1.54, 1.807) is 18.2 Å². The topological polar surface area (TPSA) is 93.2 Å². The normalized spacial score (nSPS) is 24.9. The molecule has 1 aromatic carbocycles. The molecule has 152 valence electrons. The third kappa shape index (κ3) is 4.62. The van der Waals surface area contributed by atoms with Crippen molar-refractivity contribution in [1.82, 2.24) is 20.6 Å². The molecule has 3 aliphatic rings. The minimum Gasteiger partial charge on any atom is -0.484 e. The first-order valence-electron chi connectivity index (χ1n) is 9.43. The molecular formula is C20H20Cl2N4O3. The quantitative estimate of drug-likeness (QED) is 0.728. The van der Waals surface area contributed by atoms with Crippen LogP contribution in [0.1, 0.15) is 29.8 Å². The molecule has 3 aliphatic carbocycles. The predicted octanol–water partition coefficient (Wildman–Crippen LogP) is 2.88. The van der Waals surface area contributed by atoms with E-state index in [1.807, 2.05) is 0 Å². The van der Waals surface area contributed by atoms with Gasteiger partial charge in [0.15, 0.2) is 6.61 Å². The fourth-order valence-electron chi connectivity index (χ4n) is 4.00. The Hall–Kier alpha value is -2.38. The second kappa shape index (κ2) is 8.55. The van der Waals surface area contributed by atoms with Crippen LogP contribution in [0.5, 0.6) is 5.75 Å². The van der Waals surface area contributed by atoms with Crippen LogP contribution < -0.4 is 15.4 Å². The Morgan fingerprint density at radius 1 is 1.03 bits per heavy atom. The van der Waals surface area contributed by atoms with E-state index >= 15 is 0 Å². The molecule has 1 aromatic heterocycles. The number of nitrogens with one attached hydrogen (secondary N) is 2. The number of ether oxygens (including phenoxy) is 1. The first-order valence-corrected chi connectivity index (χ1v) is 10.2. The summed E-state index contributed by atoms with van der Waals surface area (Å²) in [6.45, 7) is -0.110. The van der Waals surface area contributed by atoms with Crippen LogP contribution >= 0.6 is 23.2 Å². The smallest absolute Gasteiger partial charge is 0.271 e. The third-order valence-corrected chi connectivity index (χ3v) is 6.32. The van der Waals surface area contributed by atoms with Crippen LogP contribution in [0.3, 0.4) is 0 Å². The van der Waals surface area contributed by atoms with Crippen LogP contribution in [0, 0.1) is 11.8 Å². The van der Waals surface area contributed by atoms with Gasteiger partial charge in [-0.05, 0) is 43.2 Å². The maximum absolute atomic E-state index is 12.4. The van der Waals surface area contributed by atoms with Gasteiger partial charge in [0.25, 0.3) is 11.8 Å². The largest absolute Gasteiger partial charge is 0.484 e. The molecule has 0 saturated heterocycles. The van der Waals surface area contributed by atoms with Crippen LogP contribution in [-0.4, -0.2) is 40.5 Å². The molecule has 0 spiro atoms. The van der Waals surface area contributed by atoms with Crippen molar-refractivity contribution in [3.05, 3.63) is 52.5 Å². The highest BCUT2D eigenvalue weighted by Crippen LogP contribution is 2.45. The Bertz CT molecular complexity index is 906. The summed E-state index contributed by atoms with van der Waals surface area (Å²) in [5.41, 5.74) is 0.296. The zero-order chi connectivity index (χ0) is 20.4. The van der Waals surface area contributed by atoms with Crippen molar-refractivity contribution in [2.45, 2.75) is 31.3 Å². The van der Waals surface area contributed by atoms with Crippen molar-refractivity contribution in [3.8, 4) is 5.75 Å². The van der Waals surface area contributed by atoms with Crippen molar-refractivity contribution >= 4 is 35.0 Å². The highest BCUT2D eigenvalue weighted by molar-refractivity contribution is 6.42. The van der Waals surface area contributed by atoms with E-state index in [0.29, 0.717) is 39.7 Å². The Morgan fingerprint density at radius 2 is 1.79 bits per heavy atom. The molecule has 2 amide bonds. The van der Waals surface area contributed by atoms with Crippen molar-refractivity contribution in [1.29, 1.82) is 0 Å². The molecule has 2 atom stereocenters. The van der Waals surface area contributed by atoms with E-state index in [9.17, 15) is 9.59 Å². The van der Waals surface area contributed by atoms with Gasteiger partial charge in [-0.2, -0.15) is 0 Å². The molecule has 2 bridgehead atoms. The highest BCUT2D eigenvalue weighted by atomic mass is 35.5. The molecule has 9 heteroatoms. The molecule has 3 fully saturated rings. The van der Waals surface area contributed by atoms with Gasteiger partial charge in [-0.3, -0.25) is 14.6 Å². The van der Waals surface area contributed by atoms with Crippen molar-refractivity contribution in [2.24, 2.45) is 11.8 Å². The van der Waals surface area contributed by atoms with Gasteiger partial charge in [0.05, 0.1) is 16.2 Å². The minimum atomic E-state index is -0.235. The average Bonchev–Trinajstić information content (AvgIpc) is 2.68. The second-order valence-corrected chi connectivity index (χ2v) is 8.25. The summed E-state index contributed by atoms with van der Waals surface area (Å²) in [7, 11) is 0. The molecule has 0 aliphatic heterocycles. The number of hydrogen-bond donors (Lipinski definition) is 2. The summed E-state index contributed by atoms with van der Waals surface area (Å²) in [6, 6.07) is 4.88. The minimum absolute atomic E-state index is 0.01000. The lowest BCUT2D eigenvalue weighted by Gasteiger charge is -2.51. The molecule has 2 N–H and O–H groups in total. The summed E-state index contributed by atoms with van der Waals surface area (Å²) in [5.74, 6) is 0.933. The van der Waals surface area contributed by atoms with E-state index < -0.39 is 0 Å². The van der Waals surface area contributed by atoms with Gasteiger partial charge < -0.3 is 15.4 Å². The molecule has 1 heterocycles. The number of rotatable bonds is 6. The Balaban J connectivity index is 1.29. The van der Waals surface area contributed by atoms with Crippen LogP contribution in [0.4, 0.5) is 0 Å². The van der Waals surface area contributed by atoms with E-state index in [0.717, 1.165) is 12.8 Å². The van der Waals surface area contributed by atoms with Crippen molar-refractivity contribution in [2.75, 3.05) is 6.61 Å². The second-order valence-electron chi connectivity index (χ2n) is 7.44. The number of benzene rings is 1. The molecule has 7 nitrogen and oxygen atoms in total. The number of carbonyl (C=O) groups excluding carboxylic acids is 2. The zero-order valence-corrected chi connectivity index (χ0v) is 17.0. The predicted molar refractivity (Wildman–Crippen MR) is 108 cm³/mol. The van der Waals surface area contributed by atoms with Gasteiger partial charge >= 0.3 is 0 Å². The number of carbonyl (C=O) groups is 2. The van der Waals surface area contributed by atoms with Gasteiger partial charge in [-0.1, -0.05) is 23.2 Å². The Labute approximate surface area is 178 Å². The van der Waals surface area contributed by atoms with Crippen LogP contribution in [-0.2, 0) is 4.79 Å². The molecular weight excluding hydrogens is 415 g/mol. The summed E-state index contributed by atoms with van der Waals surface area (Å²) in [4.78, 5) is 32.7. The van der Waals surface area contributed by atoms with Gasteiger partial charge in [-0.15, -0.1) is 0 Å². The van der Waals surface area contributed by atoms with Gasteiger partial charge in [0, 0.05) is 30.5 Å². The van der Waals surface area contributed by atoms with Gasteiger partial charge in [-0.25, -0.2) is 4.98 Å². The summed E-state index contributed by atoms with van der Waals surface area (Å²) in [5, 5.41) is 6.89. The van der Waals surface area contributed by atoms with E-state index in [1.165, 1.54) is 18.6 Å². The van der Waals surface area contributed by atoms with Crippen LogP contribution in [0.2, 0.25) is 10.0 Å². The highest BCUT2D eigenvalue weighted by Gasteiger charge is 2.47. The maximum Gasteiger partial charge on any atom is 0.271 e. The van der Waals surface area contributed by atoms with Crippen molar-refractivity contribution < 1.29 is 14.3 Å². The van der Waals surface area contributed by atoms with Crippen LogP contribution in [0.25, 0.3) is 0 Å². The van der Waals surface area contributed by atoms with Gasteiger partial charge in [0.2, 0.25) is 0 Å². The molecule has 0 radical (unpaired) electrons. The lowest BCUT2D eigenvalue weighted by molar-refractivity contribution is -0.125. The third-order valence-electron chi connectivity index (χ3n) is 5.58. The number of aromatic nitrogens is 2. The molecule has 2 aromatic rings. The SMILES string of the molecule is O=C(COc1ccc(Cl)c(Cl)c1)N[C@H]1CC(NC(=O)c2cnccn2)C2CC1C2. The summed E-state index contributed by atoms with van der Waals surface area (Å²) < 4.78 is 5.50. The van der Waals surface area contributed by atoms with Crippen molar-refractivity contribution in [3.63, 3.8) is 0 Å². The van der Waals surface area contributed by atoms with E-state index in [4.69, 9.17) is 27.9 Å². The number of nitrogens with zero attached hydrogens (tertiary/aromatic N) is 2. The van der Waals surface area contributed by atoms with E-state index in [-0.39, 0.29) is 30.5 Å². The molecule has 29 heavy (non-hydrogen) atoms. The standard InChI is InChI=1S/C20H20Cl2N4O3/c21-14-2-1-13(7-15(14)22)29-10-19(27)25-16-8-17(12-5-11(16)6-12)26-20(28)18-9-23-3-4-24-18/h1-4,7,9,11-12,16-17H,5-6,8,10H2,(H,25,27)(H,26,28)/t11?,12?,16-,17?/m0/s1. The van der Waals surface area contributed by atoms with Gasteiger partial charge in [0.1, 0.15) is 11.4 Å².